The molecule has 0 saturated heterocycles. The maximum atomic E-state index is 12.2. The smallest absolute Gasteiger partial charge is 0.240 e. The molecule has 1 aromatic heterocycles. The van der Waals surface area contributed by atoms with Crippen molar-refractivity contribution in [3.63, 3.8) is 0 Å². The molecule has 114 valence electrons. The van der Waals surface area contributed by atoms with Crippen LogP contribution in [0.3, 0.4) is 0 Å². The molecule has 0 aliphatic carbocycles. The Morgan fingerprint density at radius 1 is 1.38 bits per heavy atom. The molecule has 0 atom stereocenters. The maximum absolute atomic E-state index is 12.2. The summed E-state index contributed by atoms with van der Waals surface area (Å²) >= 11 is 3.28. The van der Waals surface area contributed by atoms with Crippen LogP contribution in [-0.4, -0.2) is 31.9 Å². The van der Waals surface area contributed by atoms with E-state index in [-0.39, 0.29) is 4.90 Å². The molecule has 6 nitrogen and oxygen atoms in total. The quantitative estimate of drug-likeness (QED) is 0.836. The Labute approximate surface area is 132 Å². The summed E-state index contributed by atoms with van der Waals surface area (Å²) in [6, 6.07) is 6.50. The lowest BCUT2D eigenvalue weighted by atomic mass is 10.3. The van der Waals surface area contributed by atoms with Gasteiger partial charge in [-0.05, 0) is 40.2 Å². The Kier molecular flexibility index (Phi) is 5.02. The van der Waals surface area contributed by atoms with Gasteiger partial charge in [0.25, 0.3) is 0 Å². The molecule has 21 heavy (non-hydrogen) atoms. The zero-order valence-corrected chi connectivity index (χ0v) is 14.1. The lowest BCUT2D eigenvalue weighted by Crippen LogP contribution is -2.26. The highest BCUT2D eigenvalue weighted by Gasteiger charge is 2.15. The van der Waals surface area contributed by atoms with Crippen molar-refractivity contribution in [2.45, 2.75) is 11.3 Å². The van der Waals surface area contributed by atoms with Gasteiger partial charge >= 0.3 is 0 Å². The number of halogens is 1. The first-order valence-electron chi connectivity index (χ1n) is 6.24. The molecule has 0 bridgehead atoms. The van der Waals surface area contributed by atoms with Crippen LogP contribution in [0.5, 0.6) is 5.75 Å². The summed E-state index contributed by atoms with van der Waals surface area (Å²) < 4.78 is 34.4. The molecule has 2 rings (SSSR count). The fourth-order valence-electron chi connectivity index (χ4n) is 1.86. The summed E-state index contributed by atoms with van der Waals surface area (Å²) in [5, 5.41) is 4.04. The SMILES string of the molecule is COc1ccc(S(=O)(=O)NCCc2ccnn2C)cc1Br. The van der Waals surface area contributed by atoms with Crippen LogP contribution in [0.1, 0.15) is 5.69 Å². The fourth-order valence-corrected chi connectivity index (χ4v) is 3.61. The van der Waals surface area contributed by atoms with Crippen LogP contribution in [0.15, 0.2) is 39.8 Å². The first-order chi connectivity index (χ1) is 9.94. The lowest BCUT2D eigenvalue weighted by molar-refractivity contribution is 0.411. The average Bonchev–Trinajstić information content (AvgIpc) is 2.84. The van der Waals surface area contributed by atoms with E-state index in [2.05, 4.69) is 25.8 Å². The van der Waals surface area contributed by atoms with E-state index >= 15 is 0 Å². The maximum Gasteiger partial charge on any atom is 0.240 e. The third kappa shape index (κ3) is 3.84. The van der Waals surface area contributed by atoms with Gasteiger partial charge in [-0.2, -0.15) is 5.10 Å². The molecule has 1 aromatic carbocycles. The molecule has 0 aliphatic rings. The van der Waals surface area contributed by atoms with Gasteiger partial charge in [0.1, 0.15) is 5.75 Å². The monoisotopic (exact) mass is 373 g/mol. The van der Waals surface area contributed by atoms with E-state index in [9.17, 15) is 8.42 Å². The number of rotatable bonds is 6. The van der Waals surface area contributed by atoms with E-state index in [4.69, 9.17) is 4.74 Å². The third-order valence-corrected chi connectivity index (χ3v) is 5.11. The number of nitrogens with zero attached hydrogens (tertiary/aromatic N) is 2. The summed E-state index contributed by atoms with van der Waals surface area (Å²) in [5.41, 5.74) is 0.966. The van der Waals surface area contributed by atoms with E-state index in [1.165, 1.54) is 19.2 Å². The fraction of sp³-hybridized carbons (Fsp3) is 0.308. The average molecular weight is 374 g/mol. The van der Waals surface area contributed by atoms with E-state index < -0.39 is 10.0 Å². The van der Waals surface area contributed by atoms with Gasteiger partial charge in [0, 0.05) is 31.9 Å². The molecule has 0 amide bonds. The van der Waals surface area contributed by atoms with Crippen LogP contribution in [-0.2, 0) is 23.5 Å². The summed E-state index contributed by atoms with van der Waals surface area (Å²) in [5.74, 6) is 0.587. The minimum absolute atomic E-state index is 0.195. The molecule has 1 heterocycles. The molecule has 0 aliphatic heterocycles. The number of ether oxygens (including phenoxy) is 1. The molecule has 0 fully saturated rings. The molecule has 0 spiro atoms. The van der Waals surface area contributed by atoms with Crippen molar-refractivity contribution in [2.24, 2.45) is 7.05 Å². The van der Waals surface area contributed by atoms with Crippen LogP contribution < -0.4 is 9.46 Å². The zero-order chi connectivity index (χ0) is 15.5. The van der Waals surface area contributed by atoms with Gasteiger partial charge in [-0.3, -0.25) is 4.68 Å². The van der Waals surface area contributed by atoms with Crippen molar-refractivity contribution in [1.82, 2.24) is 14.5 Å². The first-order valence-corrected chi connectivity index (χ1v) is 8.52. The second kappa shape index (κ2) is 6.59. The Balaban J connectivity index is 2.05. The van der Waals surface area contributed by atoms with E-state index in [1.54, 1.807) is 16.9 Å². The molecule has 1 N–H and O–H groups in total. The van der Waals surface area contributed by atoms with Crippen molar-refractivity contribution in [1.29, 1.82) is 0 Å². The van der Waals surface area contributed by atoms with Crippen LogP contribution in [0.4, 0.5) is 0 Å². The predicted molar refractivity (Wildman–Crippen MR) is 82.8 cm³/mol. The number of methoxy groups -OCH3 is 1. The van der Waals surface area contributed by atoms with Crippen molar-refractivity contribution >= 4 is 26.0 Å². The summed E-state index contributed by atoms with van der Waals surface area (Å²) in [7, 11) is -0.187. The Bertz CT molecular complexity index is 728. The van der Waals surface area contributed by atoms with E-state index in [0.29, 0.717) is 23.2 Å². The molecule has 8 heteroatoms. The van der Waals surface area contributed by atoms with Crippen LogP contribution in [0, 0.1) is 0 Å². The number of hydrogen-bond acceptors (Lipinski definition) is 4. The minimum Gasteiger partial charge on any atom is -0.496 e. The number of aryl methyl sites for hydroxylation is 1. The van der Waals surface area contributed by atoms with Gasteiger partial charge in [0.2, 0.25) is 10.0 Å². The minimum atomic E-state index is -3.54. The Morgan fingerprint density at radius 3 is 2.71 bits per heavy atom. The van der Waals surface area contributed by atoms with E-state index in [1.807, 2.05) is 13.1 Å². The highest BCUT2D eigenvalue weighted by atomic mass is 79.9. The van der Waals surface area contributed by atoms with Gasteiger partial charge < -0.3 is 4.74 Å². The van der Waals surface area contributed by atoms with Crippen molar-refractivity contribution in [3.05, 3.63) is 40.6 Å². The topological polar surface area (TPSA) is 73.2 Å². The molecule has 2 aromatic rings. The number of benzene rings is 1. The summed E-state index contributed by atoms with van der Waals surface area (Å²) in [6.45, 7) is 0.311. The second-order valence-corrected chi connectivity index (χ2v) is 7.01. The van der Waals surface area contributed by atoms with Crippen LogP contribution in [0.25, 0.3) is 0 Å². The third-order valence-electron chi connectivity index (χ3n) is 3.03. The van der Waals surface area contributed by atoms with Gasteiger partial charge in [-0.1, -0.05) is 0 Å². The summed E-state index contributed by atoms with van der Waals surface area (Å²) in [6.07, 6.45) is 2.26. The highest BCUT2D eigenvalue weighted by Crippen LogP contribution is 2.27. The molecule has 0 unspecified atom stereocenters. The number of nitrogens with one attached hydrogen (secondary N) is 1. The van der Waals surface area contributed by atoms with Crippen molar-refractivity contribution < 1.29 is 13.2 Å². The number of aromatic nitrogens is 2. The Hall–Kier alpha value is -1.38. The van der Waals surface area contributed by atoms with Crippen molar-refractivity contribution in [2.75, 3.05) is 13.7 Å². The van der Waals surface area contributed by atoms with Gasteiger partial charge in [0.05, 0.1) is 16.5 Å². The standard InChI is InChI=1S/C13H16BrN3O3S/c1-17-10(5-7-15-17)6-8-16-21(18,19)11-3-4-13(20-2)12(14)9-11/h3-5,7,9,16H,6,8H2,1-2H3. The molecular formula is C13H16BrN3O3S. The van der Waals surface area contributed by atoms with Gasteiger partial charge in [0.15, 0.2) is 0 Å². The zero-order valence-electron chi connectivity index (χ0n) is 11.7. The first kappa shape index (κ1) is 16.0. The molecular weight excluding hydrogens is 358 g/mol. The van der Waals surface area contributed by atoms with Gasteiger partial charge in [-0.15, -0.1) is 0 Å². The lowest BCUT2D eigenvalue weighted by Gasteiger charge is -2.09. The highest BCUT2D eigenvalue weighted by molar-refractivity contribution is 9.10. The van der Waals surface area contributed by atoms with Crippen LogP contribution in [0.2, 0.25) is 0 Å². The Morgan fingerprint density at radius 2 is 2.14 bits per heavy atom. The molecule has 0 radical (unpaired) electrons. The largest absolute Gasteiger partial charge is 0.496 e. The molecule has 0 saturated carbocycles. The van der Waals surface area contributed by atoms with Gasteiger partial charge in [-0.25, -0.2) is 13.1 Å². The van der Waals surface area contributed by atoms with Crippen molar-refractivity contribution in [3.8, 4) is 5.75 Å². The normalized spacial score (nSPS) is 11.6. The number of sulfonamides is 1. The number of hydrogen-bond donors (Lipinski definition) is 1. The second-order valence-electron chi connectivity index (χ2n) is 4.39. The van der Waals surface area contributed by atoms with Crippen LogP contribution >= 0.6 is 15.9 Å². The predicted octanol–water partition coefficient (Wildman–Crippen LogP) is 1.71. The van der Waals surface area contributed by atoms with E-state index in [0.717, 1.165) is 5.69 Å². The summed E-state index contributed by atoms with van der Waals surface area (Å²) in [4.78, 5) is 0.195.